The van der Waals surface area contributed by atoms with Crippen LogP contribution in [-0.4, -0.2) is 10.9 Å². The van der Waals surface area contributed by atoms with Crippen LogP contribution in [0.1, 0.15) is 79.1 Å². The molecule has 0 bridgehead atoms. The molecule has 0 unspecified atom stereocenters. The fourth-order valence-corrected chi connectivity index (χ4v) is 2.74. The first-order chi connectivity index (χ1) is 17.2. The summed E-state index contributed by atoms with van der Waals surface area (Å²) in [6.07, 6.45) is 38.3. The van der Waals surface area contributed by atoms with E-state index < -0.39 is 0 Å². The third kappa shape index (κ3) is 34.7. The Morgan fingerprint density at radius 3 is 0.711 bits per heavy atom. The van der Waals surface area contributed by atoms with Crippen molar-refractivity contribution in [2.75, 3.05) is 0 Å². The van der Waals surface area contributed by atoms with Gasteiger partial charge in [-0.1, -0.05) is 53.4 Å². The summed E-state index contributed by atoms with van der Waals surface area (Å²) < 4.78 is 0. The molecule has 4 aliphatic rings. The van der Waals surface area contributed by atoms with Gasteiger partial charge in [-0.3, -0.25) is 24.3 Å². The Kier molecular flexibility index (Phi) is 40.8. The maximum atomic E-state index is 3.11. The second kappa shape index (κ2) is 33.9. The third-order valence-electron chi connectivity index (χ3n) is 4.71. The minimum atomic E-state index is 0. The van der Waals surface area contributed by atoms with Gasteiger partial charge in [-0.2, -0.15) is 24.3 Å². The summed E-state index contributed by atoms with van der Waals surface area (Å²) in [5.41, 5.74) is 6.14. The van der Waals surface area contributed by atoms with Crippen LogP contribution in [0.4, 0.5) is 0 Å². The topological polar surface area (TPSA) is 0 Å². The van der Waals surface area contributed by atoms with Crippen molar-refractivity contribution in [3.8, 4) is 0 Å². The van der Waals surface area contributed by atoms with Crippen molar-refractivity contribution in [2.45, 2.75) is 105 Å². The molecule has 0 aromatic carbocycles. The number of halogens is 2. The van der Waals surface area contributed by atoms with Crippen molar-refractivity contribution in [3.05, 3.63) is 95.2 Å². The van der Waals surface area contributed by atoms with Gasteiger partial charge in [0.15, 0.2) is 0 Å². The standard InChI is InChI=1S/4C7H9.2C2H6Si.2ClH.2Zr/c4*1-2-7-5-3-4-6-7;2*1-3-2;;;;/h4*5-6H,2-3H2,1H3;2*1-2H3;2*1H;;/q4*-1;;;;;2*+2/p-2. The molecular weight excluding hydrogens is 694 g/mol. The first-order valence-electron chi connectivity index (χ1n) is 13.3. The average molecular weight is 742 g/mol. The molecule has 0 radical (unpaired) electrons. The van der Waals surface area contributed by atoms with Crippen LogP contribution < -0.4 is 24.8 Å². The van der Waals surface area contributed by atoms with Crippen LogP contribution in [0.5, 0.6) is 0 Å². The van der Waals surface area contributed by atoms with E-state index in [-0.39, 0.29) is 35.7 Å². The summed E-state index contributed by atoms with van der Waals surface area (Å²) >= 11 is 3.48. The number of hydrogen-bond donors (Lipinski definition) is 0. The molecule has 0 N–H and O–H groups in total. The molecule has 6 heteroatoms. The molecule has 0 saturated heterocycles. The van der Waals surface area contributed by atoms with Crippen molar-refractivity contribution in [1.29, 1.82) is 0 Å². The Morgan fingerprint density at radius 2 is 0.658 bits per heavy atom. The van der Waals surface area contributed by atoms with Gasteiger partial charge in [0.1, 0.15) is 0 Å². The molecule has 0 fully saturated rings. The molecule has 4 aliphatic carbocycles. The van der Waals surface area contributed by atoms with Crippen LogP contribution in [0.3, 0.4) is 0 Å². The van der Waals surface area contributed by atoms with Crippen molar-refractivity contribution >= 4 is 10.9 Å². The van der Waals surface area contributed by atoms with E-state index in [1.54, 1.807) is 46.7 Å². The fraction of sp³-hybridized carbons (Fsp3) is 0.500. The second-order valence-corrected chi connectivity index (χ2v) is 27.5. The van der Waals surface area contributed by atoms with Crippen molar-refractivity contribution in [2.24, 2.45) is 0 Å². The van der Waals surface area contributed by atoms with E-state index in [0.29, 0.717) is 0 Å². The van der Waals surface area contributed by atoms with Gasteiger partial charge in [0.2, 0.25) is 0 Å². The molecule has 4 rings (SSSR count). The largest absolute Gasteiger partial charge is 1.00 e. The fourth-order valence-electron chi connectivity index (χ4n) is 2.74. The second-order valence-electron chi connectivity index (χ2n) is 8.74. The first kappa shape index (κ1) is 45.7. The molecule has 0 saturated carbocycles. The molecule has 0 amide bonds. The Hall–Kier alpha value is 0.700. The van der Waals surface area contributed by atoms with Gasteiger partial charge >= 0.3 is 83.7 Å². The zero-order valence-corrected chi connectivity index (χ0v) is 33.5. The summed E-state index contributed by atoms with van der Waals surface area (Å²) in [6.45, 7) is 17.9. The molecular formula is C32H48Cl2Si2Zr2-2. The van der Waals surface area contributed by atoms with Gasteiger partial charge in [0, 0.05) is 0 Å². The number of hydrogen-bond acceptors (Lipinski definition) is 0. The van der Waals surface area contributed by atoms with Gasteiger partial charge in [0.25, 0.3) is 0 Å². The van der Waals surface area contributed by atoms with Crippen molar-refractivity contribution in [1.82, 2.24) is 0 Å². The first-order valence-corrected chi connectivity index (χ1v) is 25.6. The van der Waals surface area contributed by atoms with Gasteiger partial charge in [-0.15, -0.1) is 25.7 Å². The molecule has 0 spiro atoms. The van der Waals surface area contributed by atoms with Gasteiger partial charge in [0.05, 0.1) is 0 Å². The maximum absolute atomic E-state index is 3.11. The smallest absolute Gasteiger partial charge is 1.00 e. The Morgan fingerprint density at radius 1 is 0.500 bits per heavy atom. The number of rotatable bonds is 4. The van der Waals surface area contributed by atoms with E-state index in [1.807, 2.05) is 0 Å². The molecule has 208 valence electrons. The minimum Gasteiger partial charge on any atom is -1.00 e. The van der Waals surface area contributed by atoms with Crippen LogP contribution in [0.2, 0.25) is 26.2 Å². The molecule has 0 heterocycles. The zero-order valence-electron chi connectivity index (χ0n) is 25.0. The van der Waals surface area contributed by atoms with Crippen LogP contribution in [0.25, 0.3) is 0 Å². The maximum Gasteiger partial charge on any atom is -1.00 e. The van der Waals surface area contributed by atoms with Gasteiger partial charge < -0.3 is 24.8 Å². The predicted molar refractivity (Wildman–Crippen MR) is 158 cm³/mol. The van der Waals surface area contributed by atoms with E-state index in [4.69, 9.17) is 0 Å². The minimum absolute atomic E-state index is 0. The van der Waals surface area contributed by atoms with Crippen LogP contribution >= 0.6 is 0 Å². The predicted octanol–water partition coefficient (Wildman–Crippen LogP) is 3.92. The monoisotopic (exact) mass is 738 g/mol. The van der Waals surface area contributed by atoms with E-state index in [2.05, 4.69) is 127 Å². The molecule has 0 aliphatic heterocycles. The Balaban J connectivity index is -0.000000184. The normalized spacial score (nSPS) is 14.4. The number of allylic oxidation sites excluding steroid dienone is 16. The average Bonchev–Trinajstić information content (AvgIpc) is 3.68. The van der Waals surface area contributed by atoms with Gasteiger partial charge in [-0.05, 0) is 0 Å². The summed E-state index contributed by atoms with van der Waals surface area (Å²) in [5, 5.41) is 0. The Bertz CT molecular complexity index is 734. The summed E-state index contributed by atoms with van der Waals surface area (Å²) in [5.74, 6) is 0. The summed E-state index contributed by atoms with van der Waals surface area (Å²) in [7, 11) is 0. The summed E-state index contributed by atoms with van der Waals surface area (Å²) in [4.78, 5) is 0. The van der Waals surface area contributed by atoms with E-state index >= 15 is 0 Å². The van der Waals surface area contributed by atoms with Crippen LogP contribution in [0, 0.1) is 24.3 Å². The van der Waals surface area contributed by atoms with Crippen LogP contribution in [-0.2, 0) is 46.7 Å². The van der Waals surface area contributed by atoms with Crippen LogP contribution in [0.15, 0.2) is 70.9 Å². The van der Waals surface area contributed by atoms with Crippen molar-refractivity contribution < 1.29 is 71.5 Å². The van der Waals surface area contributed by atoms with E-state index in [1.165, 1.54) is 22.3 Å². The van der Waals surface area contributed by atoms with Gasteiger partial charge in [-0.25, -0.2) is 46.6 Å². The molecule has 38 heavy (non-hydrogen) atoms. The van der Waals surface area contributed by atoms with E-state index in [9.17, 15) is 0 Å². The zero-order chi connectivity index (χ0) is 27.6. The molecule has 0 nitrogen and oxygen atoms in total. The summed E-state index contributed by atoms with van der Waals surface area (Å²) in [6, 6.07) is 0. The molecule has 0 aromatic rings. The SMILES string of the molecule is CCC1=CC[C-]=C1.CCC1=CC[C-]=C1.CCC1=CC[C-]=C1.CCC1=CC[C-]=C1.C[Si](C)=[Zr+2].C[Si](C)=[Zr+2].[Cl-].[Cl-]. The van der Waals surface area contributed by atoms with Crippen molar-refractivity contribution in [3.63, 3.8) is 0 Å². The molecule has 0 atom stereocenters. The third-order valence-corrected chi connectivity index (χ3v) is 4.71. The Labute approximate surface area is 280 Å². The van der Waals surface area contributed by atoms with E-state index in [0.717, 1.165) is 51.4 Å². The molecule has 0 aromatic heterocycles. The quantitative estimate of drug-likeness (QED) is 0.303.